The summed E-state index contributed by atoms with van der Waals surface area (Å²) in [6.07, 6.45) is 1.49. The minimum Gasteiger partial charge on any atom is -0.463 e. The molecular formula is C20H18O3. The van der Waals surface area contributed by atoms with E-state index >= 15 is 0 Å². The van der Waals surface area contributed by atoms with Gasteiger partial charge in [0.25, 0.3) is 0 Å². The predicted molar refractivity (Wildman–Crippen MR) is 91.1 cm³/mol. The third-order valence-corrected chi connectivity index (χ3v) is 3.57. The Bertz CT molecular complexity index is 857. The molecule has 2 aromatic carbocycles. The fourth-order valence-electron chi connectivity index (χ4n) is 2.51. The number of fused-ring (bicyclic) bond motifs is 1. The van der Waals surface area contributed by atoms with Crippen LogP contribution >= 0.6 is 0 Å². The van der Waals surface area contributed by atoms with Crippen molar-refractivity contribution in [2.75, 3.05) is 6.61 Å². The molecule has 0 unspecified atom stereocenters. The van der Waals surface area contributed by atoms with Gasteiger partial charge >= 0.3 is 5.97 Å². The van der Waals surface area contributed by atoms with Gasteiger partial charge in [-0.1, -0.05) is 42.0 Å². The maximum absolute atomic E-state index is 11.9. The van der Waals surface area contributed by atoms with Gasteiger partial charge in [0.1, 0.15) is 11.3 Å². The molecule has 23 heavy (non-hydrogen) atoms. The molecule has 1 heterocycles. The number of hydrogen-bond donors (Lipinski definition) is 0. The molecule has 0 aliphatic carbocycles. The van der Waals surface area contributed by atoms with Crippen LogP contribution in [0.5, 0.6) is 0 Å². The van der Waals surface area contributed by atoms with Gasteiger partial charge in [0, 0.05) is 17.0 Å². The summed E-state index contributed by atoms with van der Waals surface area (Å²) in [4.78, 5) is 11.9. The molecule has 0 aliphatic rings. The number of carbonyl (C=O) groups is 1. The largest absolute Gasteiger partial charge is 0.463 e. The summed E-state index contributed by atoms with van der Waals surface area (Å²) in [5.74, 6) is 0.285. The second-order valence-corrected chi connectivity index (χ2v) is 5.33. The lowest BCUT2D eigenvalue weighted by Crippen LogP contribution is -2.01. The first-order valence-corrected chi connectivity index (χ1v) is 7.62. The Kier molecular flexibility index (Phi) is 4.29. The van der Waals surface area contributed by atoms with Crippen molar-refractivity contribution in [2.45, 2.75) is 13.8 Å². The van der Waals surface area contributed by atoms with Crippen LogP contribution in [0, 0.1) is 6.92 Å². The van der Waals surface area contributed by atoms with Crippen molar-refractivity contribution >= 4 is 22.5 Å². The lowest BCUT2D eigenvalue weighted by Gasteiger charge is -2.05. The van der Waals surface area contributed by atoms with Crippen LogP contribution in [0.15, 0.2) is 65.1 Å². The zero-order chi connectivity index (χ0) is 16.2. The number of ether oxygens (including phenoxy) is 1. The van der Waals surface area contributed by atoms with Crippen LogP contribution in [0.25, 0.3) is 16.5 Å². The molecule has 0 aliphatic heterocycles. The van der Waals surface area contributed by atoms with Crippen LogP contribution in [0.3, 0.4) is 0 Å². The average molecular weight is 306 g/mol. The molecule has 0 saturated carbocycles. The number of aryl methyl sites for hydroxylation is 1. The Morgan fingerprint density at radius 1 is 1.13 bits per heavy atom. The first kappa shape index (κ1) is 15.1. The zero-order valence-corrected chi connectivity index (χ0v) is 13.2. The van der Waals surface area contributed by atoms with Gasteiger partial charge in [-0.05, 0) is 37.6 Å². The highest BCUT2D eigenvalue weighted by molar-refractivity contribution is 5.97. The maximum Gasteiger partial charge on any atom is 0.331 e. The van der Waals surface area contributed by atoms with Crippen molar-refractivity contribution in [1.29, 1.82) is 0 Å². The Balaban J connectivity index is 2.11. The van der Waals surface area contributed by atoms with E-state index in [1.54, 1.807) is 6.92 Å². The number of carbonyl (C=O) groups excluding carboxylic acids is 1. The van der Waals surface area contributed by atoms with E-state index in [0.29, 0.717) is 12.4 Å². The highest BCUT2D eigenvalue weighted by Crippen LogP contribution is 2.29. The summed E-state index contributed by atoms with van der Waals surface area (Å²) in [5, 5.41) is 1.02. The molecule has 0 spiro atoms. The molecule has 3 aromatic rings. The summed E-state index contributed by atoms with van der Waals surface area (Å²) in [6.45, 7) is 4.17. The first-order chi connectivity index (χ1) is 11.2. The highest BCUT2D eigenvalue weighted by Gasteiger charge is 2.13. The van der Waals surface area contributed by atoms with Crippen LogP contribution in [0.1, 0.15) is 23.8 Å². The lowest BCUT2D eigenvalue weighted by atomic mass is 10.0. The van der Waals surface area contributed by atoms with E-state index in [1.807, 2.05) is 55.5 Å². The molecule has 0 N–H and O–H groups in total. The maximum atomic E-state index is 11.9. The Morgan fingerprint density at radius 2 is 1.91 bits per heavy atom. The molecule has 0 fully saturated rings. The van der Waals surface area contributed by atoms with Crippen LogP contribution in [0.2, 0.25) is 0 Å². The first-order valence-electron chi connectivity index (χ1n) is 7.62. The summed E-state index contributed by atoms with van der Waals surface area (Å²) >= 11 is 0. The van der Waals surface area contributed by atoms with Crippen molar-refractivity contribution in [1.82, 2.24) is 0 Å². The summed E-state index contributed by atoms with van der Waals surface area (Å²) in [6, 6.07) is 17.7. The van der Waals surface area contributed by atoms with Gasteiger partial charge in [-0.3, -0.25) is 0 Å². The van der Waals surface area contributed by atoms with Crippen molar-refractivity contribution in [3.63, 3.8) is 0 Å². The van der Waals surface area contributed by atoms with Gasteiger partial charge in [-0.25, -0.2) is 4.79 Å². The highest BCUT2D eigenvalue weighted by atomic mass is 16.5. The topological polar surface area (TPSA) is 39.4 Å². The Labute approximate surface area is 135 Å². The predicted octanol–water partition coefficient (Wildman–Crippen LogP) is 4.74. The number of hydrogen-bond acceptors (Lipinski definition) is 3. The third kappa shape index (κ3) is 3.34. The van der Waals surface area contributed by atoms with Gasteiger partial charge in [0.05, 0.1) is 6.61 Å². The molecular weight excluding hydrogens is 288 g/mol. The molecule has 0 amide bonds. The van der Waals surface area contributed by atoms with Crippen molar-refractivity contribution in [3.05, 3.63) is 77.6 Å². The number of benzene rings is 2. The summed E-state index contributed by atoms with van der Waals surface area (Å²) < 4.78 is 11.0. The zero-order valence-electron chi connectivity index (χ0n) is 13.2. The SMILES string of the molecule is CCOC(=O)/C=C(/c1ccccc1)c1cc2cc(C)ccc2o1. The quantitative estimate of drug-likeness (QED) is 0.516. The van der Waals surface area contributed by atoms with Gasteiger partial charge in [0.2, 0.25) is 0 Å². The van der Waals surface area contributed by atoms with E-state index in [0.717, 1.165) is 22.1 Å². The van der Waals surface area contributed by atoms with Gasteiger partial charge < -0.3 is 9.15 Å². The van der Waals surface area contributed by atoms with Gasteiger partial charge in [-0.2, -0.15) is 0 Å². The fourth-order valence-corrected chi connectivity index (χ4v) is 2.51. The second-order valence-electron chi connectivity index (χ2n) is 5.33. The number of furan rings is 1. The average Bonchev–Trinajstić information content (AvgIpc) is 2.96. The summed E-state index contributed by atoms with van der Waals surface area (Å²) in [5.41, 5.74) is 3.60. The standard InChI is InChI=1S/C20H18O3/c1-3-22-20(21)13-17(15-7-5-4-6-8-15)19-12-16-11-14(2)9-10-18(16)23-19/h4-13H,3H2,1-2H3/b17-13-. The molecule has 1 aromatic heterocycles. The van der Waals surface area contributed by atoms with Crippen LogP contribution in [0.4, 0.5) is 0 Å². The molecule has 0 atom stereocenters. The molecule has 0 bridgehead atoms. The van der Waals surface area contributed by atoms with Gasteiger partial charge in [0.15, 0.2) is 0 Å². The lowest BCUT2D eigenvalue weighted by molar-refractivity contribution is -0.137. The van der Waals surface area contributed by atoms with Crippen molar-refractivity contribution in [3.8, 4) is 0 Å². The Morgan fingerprint density at radius 3 is 2.65 bits per heavy atom. The van der Waals surface area contributed by atoms with E-state index in [9.17, 15) is 4.79 Å². The van der Waals surface area contributed by atoms with Gasteiger partial charge in [-0.15, -0.1) is 0 Å². The second kappa shape index (κ2) is 6.53. The molecule has 116 valence electrons. The van der Waals surface area contributed by atoms with Crippen molar-refractivity contribution < 1.29 is 13.9 Å². The summed E-state index contributed by atoms with van der Waals surface area (Å²) in [7, 11) is 0. The molecule has 0 radical (unpaired) electrons. The minimum absolute atomic E-state index is 0.344. The van der Waals surface area contributed by atoms with E-state index in [1.165, 1.54) is 11.6 Å². The minimum atomic E-state index is -0.372. The van der Waals surface area contributed by atoms with Crippen LogP contribution < -0.4 is 0 Å². The Hall–Kier alpha value is -2.81. The molecule has 0 saturated heterocycles. The molecule has 3 heteroatoms. The van der Waals surface area contributed by atoms with E-state index in [2.05, 4.69) is 6.07 Å². The number of esters is 1. The normalized spacial score (nSPS) is 11.7. The fraction of sp³-hybridized carbons (Fsp3) is 0.150. The van der Waals surface area contributed by atoms with E-state index < -0.39 is 0 Å². The van der Waals surface area contributed by atoms with Crippen LogP contribution in [-0.2, 0) is 9.53 Å². The van der Waals surface area contributed by atoms with Crippen molar-refractivity contribution in [2.24, 2.45) is 0 Å². The third-order valence-electron chi connectivity index (χ3n) is 3.57. The monoisotopic (exact) mass is 306 g/mol. The molecule has 3 rings (SSSR count). The van der Waals surface area contributed by atoms with E-state index in [4.69, 9.17) is 9.15 Å². The van der Waals surface area contributed by atoms with Crippen LogP contribution in [-0.4, -0.2) is 12.6 Å². The molecule has 3 nitrogen and oxygen atoms in total. The smallest absolute Gasteiger partial charge is 0.331 e. The van der Waals surface area contributed by atoms with E-state index in [-0.39, 0.29) is 5.97 Å². The number of rotatable bonds is 4.